The maximum Gasteiger partial charge on any atom is 0.0764 e. The Hall–Kier alpha value is -0.360. The summed E-state index contributed by atoms with van der Waals surface area (Å²) >= 11 is 20.5. The average molecular weight is 413 g/mol. The van der Waals surface area contributed by atoms with E-state index in [1.54, 1.807) is 12.1 Å². The molecular formula is C12H8Cl3IN2. The molecule has 0 aromatic heterocycles. The van der Waals surface area contributed by atoms with E-state index >= 15 is 0 Å². The molecule has 0 aliphatic heterocycles. The van der Waals surface area contributed by atoms with Gasteiger partial charge in [-0.05, 0) is 52.9 Å². The first kappa shape index (κ1) is 14.1. The number of hydrogen-bond acceptors (Lipinski definition) is 2. The van der Waals surface area contributed by atoms with E-state index < -0.39 is 0 Å². The Morgan fingerprint density at radius 1 is 0.944 bits per heavy atom. The van der Waals surface area contributed by atoms with E-state index in [0.717, 1.165) is 9.26 Å². The predicted molar refractivity (Wildman–Crippen MR) is 88.3 cm³/mol. The second-order valence-electron chi connectivity index (χ2n) is 3.61. The number of anilines is 3. The lowest BCUT2D eigenvalue weighted by Crippen LogP contribution is -1.95. The molecule has 2 nitrogen and oxygen atoms in total. The SMILES string of the molecule is Nc1cc(Cl)c(Nc2ccc(I)cc2Cl)c(Cl)c1. The average Bonchev–Trinajstić information content (AvgIpc) is 2.25. The molecule has 0 aliphatic rings. The van der Waals surface area contributed by atoms with Crippen LogP contribution in [0.15, 0.2) is 30.3 Å². The van der Waals surface area contributed by atoms with Crippen LogP contribution in [0.25, 0.3) is 0 Å². The maximum atomic E-state index is 6.14. The van der Waals surface area contributed by atoms with Crippen molar-refractivity contribution in [1.29, 1.82) is 0 Å². The van der Waals surface area contributed by atoms with Gasteiger partial charge < -0.3 is 11.1 Å². The van der Waals surface area contributed by atoms with Crippen LogP contribution in [-0.4, -0.2) is 0 Å². The molecule has 0 atom stereocenters. The third-order valence-corrected chi connectivity index (χ3v) is 3.84. The number of halogens is 4. The number of benzene rings is 2. The van der Waals surface area contributed by atoms with Crippen molar-refractivity contribution in [2.75, 3.05) is 11.1 Å². The topological polar surface area (TPSA) is 38.0 Å². The zero-order valence-corrected chi connectivity index (χ0v) is 13.4. The minimum Gasteiger partial charge on any atom is -0.399 e. The van der Waals surface area contributed by atoms with Crippen molar-refractivity contribution in [3.63, 3.8) is 0 Å². The Morgan fingerprint density at radius 2 is 1.56 bits per heavy atom. The summed E-state index contributed by atoms with van der Waals surface area (Å²) in [5.74, 6) is 0. The summed E-state index contributed by atoms with van der Waals surface area (Å²) in [6.45, 7) is 0. The minimum atomic E-state index is 0.453. The van der Waals surface area contributed by atoms with Crippen LogP contribution < -0.4 is 11.1 Å². The van der Waals surface area contributed by atoms with Crippen molar-refractivity contribution < 1.29 is 0 Å². The van der Waals surface area contributed by atoms with Gasteiger partial charge >= 0.3 is 0 Å². The molecule has 0 spiro atoms. The van der Waals surface area contributed by atoms with Crippen LogP contribution in [0.1, 0.15) is 0 Å². The van der Waals surface area contributed by atoms with Crippen molar-refractivity contribution in [1.82, 2.24) is 0 Å². The van der Waals surface area contributed by atoms with Gasteiger partial charge in [-0.3, -0.25) is 0 Å². The van der Waals surface area contributed by atoms with Crippen molar-refractivity contribution >= 4 is 74.5 Å². The number of hydrogen-bond donors (Lipinski definition) is 2. The molecule has 3 N–H and O–H groups in total. The van der Waals surface area contributed by atoms with Crippen molar-refractivity contribution in [3.05, 3.63) is 49.0 Å². The van der Waals surface area contributed by atoms with Gasteiger partial charge in [-0.1, -0.05) is 34.8 Å². The summed E-state index contributed by atoms with van der Waals surface area (Å²) in [5.41, 5.74) is 7.50. The molecule has 2 aromatic carbocycles. The monoisotopic (exact) mass is 412 g/mol. The van der Waals surface area contributed by atoms with E-state index in [-0.39, 0.29) is 0 Å². The largest absolute Gasteiger partial charge is 0.399 e. The first-order valence-electron chi connectivity index (χ1n) is 4.94. The minimum absolute atomic E-state index is 0.453. The van der Waals surface area contributed by atoms with Gasteiger partial charge in [0, 0.05) is 9.26 Å². The molecule has 6 heteroatoms. The molecule has 0 unspecified atom stereocenters. The standard InChI is InChI=1S/C12H8Cl3IN2/c13-8-3-6(16)1-2-11(8)18-12-9(14)4-7(17)5-10(12)15/h1-5,18H,17H2. The summed E-state index contributed by atoms with van der Waals surface area (Å²) in [6.07, 6.45) is 0. The first-order valence-corrected chi connectivity index (χ1v) is 7.15. The molecule has 0 saturated heterocycles. The molecule has 2 aromatic rings. The second-order valence-corrected chi connectivity index (χ2v) is 6.08. The molecule has 0 heterocycles. The Labute approximate surface area is 134 Å². The third-order valence-electron chi connectivity index (χ3n) is 2.26. The van der Waals surface area contributed by atoms with Crippen LogP contribution in [-0.2, 0) is 0 Å². The quantitative estimate of drug-likeness (QED) is 0.498. The summed E-state index contributed by atoms with van der Waals surface area (Å²) in [7, 11) is 0. The number of nitrogen functional groups attached to an aromatic ring is 1. The molecule has 0 bridgehead atoms. The lowest BCUT2D eigenvalue weighted by atomic mass is 10.2. The molecule has 94 valence electrons. The highest BCUT2D eigenvalue weighted by molar-refractivity contribution is 14.1. The third kappa shape index (κ3) is 3.15. The van der Waals surface area contributed by atoms with Crippen LogP contribution in [0.2, 0.25) is 15.1 Å². The zero-order chi connectivity index (χ0) is 13.3. The summed E-state index contributed by atoms with van der Waals surface area (Å²) in [6, 6.07) is 8.93. The van der Waals surface area contributed by atoms with E-state index in [9.17, 15) is 0 Å². The zero-order valence-electron chi connectivity index (χ0n) is 8.98. The number of nitrogens with one attached hydrogen (secondary N) is 1. The Balaban J connectivity index is 2.40. The van der Waals surface area contributed by atoms with E-state index in [1.165, 1.54) is 0 Å². The summed E-state index contributed by atoms with van der Waals surface area (Å²) < 4.78 is 1.05. The fourth-order valence-electron chi connectivity index (χ4n) is 1.44. The molecule has 18 heavy (non-hydrogen) atoms. The van der Waals surface area contributed by atoms with Crippen LogP contribution >= 0.6 is 57.4 Å². The first-order chi connectivity index (χ1) is 8.47. The summed E-state index contributed by atoms with van der Waals surface area (Å²) in [5, 5.41) is 4.62. The fraction of sp³-hybridized carbons (Fsp3) is 0. The molecule has 0 aliphatic carbocycles. The molecule has 0 fully saturated rings. The van der Waals surface area contributed by atoms with Crippen LogP contribution in [0.4, 0.5) is 17.1 Å². The Morgan fingerprint density at radius 3 is 2.11 bits per heavy atom. The molecule has 0 amide bonds. The van der Waals surface area contributed by atoms with E-state index in [1.807, 2.05) is 18.2 Å². The normalized spacial score (nSPS) is 10.4. The predicted octanol–water partition coefficient (Wildman–Crippen LogP) is 5.58. The Kier molecular flexibility index (Phi) is 4.48. The fourth-order valence-corrected chi connectivity index (χ4v) is 2.94. The highest BCUT2D eigenvalue weighted by Crippen LogP contribution is 2.37. The maximum absolute atomic E-state index is 6.14. The molecule has 2 rings (SSSR count). The van der Waals surface area contributed by atoms with Gasteiger partial charge in [0.05, 0.1) is 26.4 Å². The van der Waals surface area contributed by atoms with Crippen LogP contribution in [0.3, 0.4) is 0 Å². The van der Waals surface area contributed by atoms with Crippen molar-refractivity contribution in [2.45, 2.75) is 0 Å². The van der Waals surface area contributed by atoms with Gasteiger partial charge in [-0.2, -0.15) is 0 Å². The van der Waals surface area contributed by atoms with Gasteiger partial charge in [-0.25, -0.2) is 0 Å². The lowest BCUT2D eigenvalue weighted by Gasteiger charge is -2.12. The highest BCUT2D eigenvalue weighted by atomic mass is 127. The Bertz CT molecular complexity index is 579. The van der Waals surface area contributed by atoms with Gasteiger partial charge in [0.2, 0.25) is 0 Å². The summed E-state index contributed by atoms with van der Waals surface area (Å²) in [4.78, 5) is 0. The van der Waals surface area contributed by atoms with Gasteiger partial charge in [0.15, 0.2) is 0 Å². The van der Waals surface area contributed by atoms with Crippen molar-refractivity contribution in [2.24, 2.45) is 0 Å². The molecular weight excluding hydrogens is 405 g/mol. The smallest absolute Gasteiger partial charge is 0.0764 e. The van der Waals surface area contributed by atoms with Crippen LogP contribution in [0.5, 0.6) is 0 Å². The van der Waals surface area contributed by atoms with E-state index in [4.69, 9.17) is 40.5 Å². The van der Waals surface area contributed by atoms with Gasteiger partial charge in [0.25, 0.3) is 0 Å². The molecule has 0 radical (unpaired) electrons. The highest BCUT2D eigenvalue weighted by Gasteiger charge is 2.09. The van der Waals surface area contributed by atoms with Crippen LogP contribution in [0, 0.1) is 3.57 Å². The second kappa shape index (κ2) is 5.74. The van der Waals surface area contributed by atoms with Gasteiger partial charge in [0.1, 0.15) is 0 Å². The lowest BCUT2D eigenvalue weighted by molar-refractivity contribution is 1.53. The number of rotatable bonds is 2. The van der Waals surface area contributed by atoms with E-state index in [2.05, 4.69) is 27.9 Å². The van der Waals surface area contributed by atoms with Crippen molar-refractivity contribution in [3.8, 4) is 0 Å². The van der Waals surface area contributed by atoms with E-state index in [0.29, 0.717) is 26.4 Å². The van der Waals surface area contributed by atoms with Gasteiger partial charge in [-0.15, -0.1) is 0 Å². The molecule has 0 saturated carbocycles. The number of nitrogens with two attached hydrogens (primary N) is 1.